The second kappa shape index (κ2) is 4.92. The van der Waals surface area contributed by atoms with E-state index in [-0.39, 0.29) is 12.0 Å². The van der Waals surface area contributed by atoms with Crippen LogP contribution < -0.4 is 5.32 Å². The van der Waals surface area contributed by atoms with Gasteiger partial charge in [-0.15, -0.1) is 0 Å². The van der Waals surface area contributed by atoms with E-state index >= 15 is 0 Å². The molecule has 1 unspecified atom stereocenters. The molecular formula is C12H23N3O2. The number of amides is 1. The molecule has 1 atom stereocenters. The molecular weight excluding hydrogens is 218 g/mol. The van der Waals surface area contributed by atoms with Crippen molar-refractivity contribution in [2.75, 3.05) is 39.3 Å². The predicted octanol–water partition coefficient (Wildman–Crippen LogP) is -0.737. The molecule has 5 nitrogen and oxygen atoms in total. The molecule has 2 heterocycles. The number of carbonyl (C=O) groups excluding carboxylic acids is 1. The van der Waals surface area contributed by atoms with Crippen LogP contribution in [0.5, 0.6) is 0 Å². The van der Waals surface area contributed by atoms with E-state index in [1.807, 2.05) is 13.8 Å². The van der Waals surface area contributed by atoms with Gasteiger partial charge in [-0.25, -0.2) is 0 Å². The highest BCUT2D eigenvalue weighted by Crippen LogP contribution is 2.21. The van der Waals surface area contributed by atoms with Crippen molar-refractivity contribution in [3.63, 3.8) is 0 Å². The third-order valence-corrected chi connectivity index (χ3v) is 3.88. The summed E-state index contributed by atoms with van der Waals surface area (Å²) in [5, 5.41) is 12.8. The number of nitrogens with one attached hydrogen (secondary N) is 1. The minimum Gasteiger partial charge on any atom is -0.391 e. The van der Waals surface area contributed by atoms with Crippen LogP contribution in [0.2, 0.25) is 0 Å². The maximum atomic E-state index is 12.5. The van der Waals surface area contributed by atoms with Crippen LogP contribution in [0, 0.1) is 0 Å². The zero-order valence-electron chi connectivity index (χ0n) is 10.8. The van der Waals surface area contributed by atoms with E-state index in [4.69, 9.17) is 0 Å². The molecule has 2 fully saturated rings. The lowest BCUT2D eigenvalue weighted by Crippen LogP contribution is -2.60. The largest absolute Gasteiger partial charge is 0.391 e. The second-order valence-corrected chi connectivity index (χ2v) is 5.49. The van der Waals surface area contributed by atoms with E-state index in [1.54, 1.807) is 4.90 Å². The van der Waals surface area contributed by atoms with Crippen molar-refractivity contribution in [1.29, 1.82) is 0 Å². The molecule has 0 spiro atoms. The zero-order valence-corrected chi connectivity index (χ0v) is 10.8. The molecule has 2 aliphatic heterocycles. The van der Waals surface area contributed by atoms with E-state index < -0.39 is 5.54 Å². The Bertz CT molecular complexity index is 287. The van der Waals surface area contributed by atoms with Crippen LogP contribution in [0.1, 0.15) is 20.3 Å². The molecule has 1 amide bonds. The summed E-state index contributed by atoms with van der Waals surface area (Å²) in [5.41, 5.74) is -0.452. The van der Waals surface area contributed by atoms with Gasteiger partial charge >= 0.3 is 0 Å². The highest BCUT2D eigenvalue weighted by Gasteiger charge is 2.39. The van der Waals surface area contributed by atoms with Gasteiger partial charge in [0.25, 0.3) is 0 Å². The number of likely N-dealkylation sites (tertiary alicyclic amines) is 1. The summed E-state index contributed by atoms with van der Waals surface area (Å²) in [6.45, 7) is 8.88. The first-order valence-electron chi connectivity index (χ1n) is 6.45. The number of hydrogen-bond donors (Lipinski definition) is 2. The molecule has 0 aliphatic carbocycles. The van der Waals surface area contributed by atoms with Crippen LogP contribution >= 0.6 is 0 Å². The Balaban J connectivity index is 2.00. The average Bonchev–Trinajstić information content (AvgIpc) is 2.76. The number of nitrogens with zero attached hydrogens (tertiary/aromatic N) is 2. The average molecular weight is 241 g/mol. The summed E-state index contributed by atoms with van der Waals surface area (Å²) in [6, 6.07) is 0. The smallest absolute Gasteiger partial charge is 0.242 e. The monoisotopic (exact) mass is 241 g/mol. The minimum absolute atomic E-state index is 0.149. The molecule has 2 saturated heterocycles. The Morgan fingerprint density at radius 3 is 2.47 bits per heavy atom. The molecule has 0 bridgehead atoms. The summed E-state index contributed by atoms with van der Waals surface area (Å²) in [6.07, 6.45) is 0.376. The summed E-state index contributed by atoms with van der Waals surface area (Å²) in [7, 11) is 0. The van der Waals surface area contributed by atoms with Gasteiger partial charge in [0, 0.05) is 39.3 Å². The number of piperazine rings is 1. The second-order valence-electron chi connectivity index (χ2n) is 5.49. The van der Waals surface area contributed by atoms with E-state index in [0.717, 1.165) is 26.2 Å². The van der Waals surface area contributed by atoms with Crippen molar-refractivity contribution in [2.24, 2.45) is 0 Å². The first-order valence-corrected chi connectivity index (χ1v) is 6.45. The van der Waals surface area contributed by atoms with Gasteiger partial charge in [0.1, 0.15) is 0 Å². The number of carbonyl (C=O) groups is 1. The summed E-state index contributed by atoms with van der Waals surface area (Å²) >= 11 is 0. The molecule has 0 radical (unpaired) electrons. The normalized spacial score (nSPS) is 27.5. The third kappa shape index (κ3) is 2.61. The first-order chi connectivity index (χ1) is 8.01. The Hall–Kier alpha value is -0.650. The van der Waals surface area contributed by atoms with Gasteiger partial charge in [-0.2, -0.15) is 0 Å². The lowest BCUT2D eigenvalue weighted by Gasteiger charge is -2.41. The van der Waals surface area contributed by atoms with Gasteiger partial charge in [-0.1, -0.05) is 0 Å². The first kappa shape index (κ1) is 12.8. The Labute approximate surface area is 103 Å². The molecule has 0 saturated carbocycles. The standard InChI is InChI=1S/C12H23N3O2/c1-12(2,15-7-4-13-5-8-15)11(17)14-6-3-10(16)9-14/h10,13,16H,3-9H2,1-2H3. The fourth-order valence-electron chi connectivity index (χ4n) is 2.67. The van der Waals surface area contributed by atoms with Crippen LogP contribution in [0.3, 0.4) is 0 Å². The Morgan fingerprint density at radius 2 is 1.94 bits per heavy atom. The van der Waals surface area contributed by atoms with Gasteiger partial charge in [0.05, 0.1) is 11.6 Å². The Morgan fingerprint density at radius 1 is 1.29 bits per heavy atom. The minimum atomic E-state index is -0.452. The van der Waals surface area contributed by atoms with Gasteiger partial charge in [-0.05, 0) is 20.3 Å². The Kier molecular flexibility index (Phi) is 3.70. The zero-order chi connectivity index (χ0) is 12.5. The molecule has 2 rings (SSSR count). The molecule has 0 aromatic rings. The fourth-order valence-corrected chi connectivity index (χ4v) is 2.67. The van der Waals surface area contributed by atoms with Crippen molar-refractivity contribution in [1.82, 2.24) is 15.1 Å². The van der Waals surface area contributed by atoms with E-state index in [0.29, 0.717) is 19.5 Å². The number of aliphatic hydroxyl groups excluding tert-OH is 1. The third-order valence-electron chi connectivity index (χ3n) is 3.88. The van der Waals surface area contributed by atoms with Crippen molar-refractivity contribution >= 4 is 5.91 Å². The summed E-state index contributed by atoms with van der Waals surface area (Å²) in [5.74, 6) is 0.149. The van der Waals surface area contributed by atoms with E-state index in [2.05, 4.69) is 10.2 Å². The van der Waals surface area contributed by atoms with E-state index in [1.165, 1.54) is 0 Å². The van der Waals surface area contributed by atoms with Crippen LogP contribution in [-0.4, -0.2) is 71.7 Å². The molecule has 98 valence electrons. The molecule has 2 aliphatic rings. The van der Waals surface area contributed by atoms with Crippen LogP contribution in [0.25, 0.3) is 0 Å². The van der Waals surface area contributed by atoms with Crippen LogP contribution in [0.15, 0.2) is 0 Å². The summed E-state index contributed by atoms with van der Waals surface area (Å²) in [4.78, 5) is 16.5. The SMILES string of the molecule is CC(C)(C(=O)N1CCC(O)C1)N1CCNCC1. The number of aliphatic hydroxyl groups is 1. The molecule has 0 aromatic heterocycles. The van der Waals surface area contributed by atoms with Gasteiger partial charge < -0.3 is 15.3 Å². The molecule has 0 aromatic carbocycles. The van der Waals surface area contributed by atoms with Crippen molar-refractivity contribution in [3.05, 3.63) is 0 Å². The van der Waals surface area contributed by atoms with Crippen LogP contribution in [0.4, 0.5) is 0 Å². The van der Waals surface area contributed by atoms with Crippen molar-refractivity contribution in [3.8, 4) is 0 Å². The number of hydrogen-bond acceptors (Lipinski definition) is 4. The molecule has 2 N–H and O–H groups in total. The topological polar surface area (TPSA) is 55.8 Å². The fraction of sp³-hybridized carbons (Fsp3) is 0.917. The molecule has 5 heteroatoms. The maximum Gasteiger partial charge on any atom is 0.242 e. The maximum absolute atomic E-state index is 12.5. The predicted molar refractivity (Wildman–Crippen MR) is 65.7 cm³/mol. The van der Waals surface area contributed by atoms with Crippen molar-refractivity contribution in [2.45, 2.75) is 31.9 Å². The quantitative estimate of drug-likeness (QED) is 0.669. The number of rotatable bonds is 2. The number of β-amino-alcohol motifs (C(OH)–C–C–N with tert-alkyl or cyclic N) is 1. The molecule has 17 heavy (non-hydrogen) atoms. The summed E-state index contributed by atoms with van der Waals surface area (Å²) < 4.78 is 0. The highest BCUT2D eigenvalue weighted by molar-refractivity contribution is 5.85. The van der Waals surface area contributed by atoms with Crippen LogP contribution in [-0.2, 0) is 4.79 Å². The lowest BCUT2D eigenvalue weighted by atomic mass is 9.99. The highest BCUT2D eigenvalue weighted by atomic mass is 16.3. The van der Waals surface area contributed by atoms with E-state index in [9.17, 15) is 9.90 Å². The van der Waals surface area contributed by atoms with Gasteiger partial charge in [-0.3, -0.25) is 9.69 Å². The lowest BCUT2D eigenvalue weighted by molar-refractivity contribution is -0.142. The van der Waals surface area contributed by atoms with Gasteiger partial charge in [0.15, 0.2) is 0 Å². The van der Waals surface area contributed by atoms with Gasteiger partial charge in [0.2, 0.25) is 5.91 Å². The van der Waals surface area contributed by atoms with Crippen molar-refractivity contribution < 1.29 is 9.90 Å².